The fraction of sp³-hybridized carbons (Fsp3) is 0.333. The molecule has 0 unspecified atom stereocenters. The highest BCUT2D eigenvalue weighted by molar-refractivity contribution is 6.57. The van der Waals surface area contributed by atoms with E-state index in [1.54, 1.807) is 7.05 Å². The van der Waals surface area contributed by atoms with Gasteiger partial charge in [-0.1, -0.05) is 0 Å². The van der Waals surface area contributed by atoms with Crippen LogP contribution in [0.15, 0.2) is 6.20 Å². The molecule has 0 atom stereocenters. The molecule has 2 N–H and O–H groups in total. The third kappa shape index (κ3) is 1.27. The molecule has 1 rings (SSSR count). The van der Waals surface area contributed by atoms with Crippen molar-refractivity contribution in [2.24, 2.45) is 7.05 Å². The molecule has 0 aliphatic rings. The van der Waals surface area contributed by atoms with E-state index in [2.05, 4.69) is 10.2 Å². The summed E-state index contributed by atoms with van der Waals surface area (Å²) in [7, 11) is 0.0880. The van der Waals surface area contributed by atoms with Gasteiger partial charge in [-0.3, -0.25) is 0 Å². The lowest BCUT2D eigenvalue weighted by atomic mass is 9.87. The lowest BCUT2D eigenvalue weighted by Crippen LogP contribution is -2.31. The average Bonchev–Trinajstić information content (AvgIpc) is 2.14. The maximum atomic E-state index is 8.48. The minimum absolute atomic E-state index is 0.164. The first-order chi connectivity index (χ1) is 4.20. The summed E-state index contributed by atoms with van der Waals surface area (Å²) < 4.78 is 0. The molecular weight excluding hydrogens is 121 g/mol. The summed E-state index contributed by atoms with van der Waals surface area (Å²) in [6.45, 7) is 0. The molecule has 0 aliphatic carbocycles. The number of hydrogen-bond donors (Lipinski definition) is 2. The van der Waals surface area contributed by atoms with Crippen molar-refractivity contribution in [3.63, 3.8) is 0 Å². The number of aryl methyl sites for hydroxylation is 1. The topological polar surface area (TPSA) is 71.2 Å². The quantitative estimate of drug-likeness (QED) is 0.409. The van der Waals surface area contributed by atoms with Gasteiger partial charge in [-0.05, 0) is 0 Å². The third-order valence-electron chi connectivity index (χ3n) is 0.882. The lowest BCUT2D eigenvalue weighted by molar-refractivity contribution is 0.423. The zero-order valence-electron chi connectivity index (χ0n) is 4.89. The molecule has 1 aromatic heterocycles. The molecule has 0 aliphatic heterocycles. The molecule has 0 radical (unpaired) electrons. The summed E-state index contributed by atoms with van der Waals surface area (Å²) in [4.78, 5) is 1.26. The molecule has 0 amide bonds. The maximum Gasteiger partial charge on any atom is 0.511 e. The second-order valence-corrected chi connectivity index (χ2v) is 1.63. The molecule has 6 heteroatoms. The van der Waals surface area contributed by atoms with Crippen LogP contribution in [0.3, 0.4) is 0 Å². The normalized spacial score (nSPS) is 9.67. The monoisotopic (exact) mass is 127 g/mol. The first-order valence-corrected chi connectivity index (χ1v) is 2.42. The van der Waals surface area contributed by atoms with E-state index in [1.807, 2.05) is 0 Å². The summed E-state index contributed by atoms with van der Waals surface area (Å²) in [6, 6.07) is 0. The highest BCUT2D eigenvalue weighted by Crippen LogP contribution is 1.70. The van der Waals surface area contributed by atoms with Gasteiger partial charge in [0.2, 0.25) is 0 Å². The number of hydrogen-bond acceptors (Lipinski definition) is 4. The minimum Gasteiger partial charge on any atom is -0.422 e. The van der Waals surface area contributed by atoms with Gasteiger partial charge in [-0.25, -0.2) is 0 Å². The molecule has 9 heavy (non-hydrogen) atoms. The van der Waals surface area contributed by atoms with Crippen LogP contribution in [-0.4, -0.2) is 32.2 Å². The van der Waals surface area contributed by atoms with E-state index in [9.17, 15) is 0 Å². The van der Waals surface area contributed by atoms with Gasteiger partial charge >= 0.3 is 7.12 Å². The van der Waals surface area contributed by atoms with Crippen LogP contribution in [0.2, 0.25) is 0 Å². The van der Waals surface area contributed by atoms with Crippen LogP contribution in [0, 0.1) is 0 Å². The van der Waals surface area contributed by atoms with E-state index in [1.165, 1.54) is 11.0 Å². The molecule has 5 nitrogen and oxygen atoms in total. The van der Waals surface area contributed by atoms with Crippen LogP contribution in [0.5, 0.6) is 0 Å². The molecule has 1 aromatic rings. The van der Waals surface area contributed by atoms with Crippen molar-refractivity contribution in [1.29, 1.82) is 0 Å². The highest BCUT2D eigenvalue weighted by Gasteiger charge is 2.13. The Morgan fingerprint density at radius 1 is 1.67 bits per heavy atom. The molecule has 0 bridgehead atoms. The molecule has 0 saturated heterocycles. The standard InChI is InChI=1S/C3H6BN3O2/c1-7-5-2-3(6-7)4(8)9/h2,8-9H,1H3. The van der Waals surface area contributed by atoms with E-state index in [-0.39, 0.29) is 5.59 Å². The Morgan fingerprint density at radius 3 is 2.56 bits per heavy atom. The Labute approximate surface area is 52.1 Å². The summed E-state index contributed by atoms with van der Waals surface area (Å²) in [5.41, 5.74) is 0.164. The SMILES string of the molecule is Cn1ncc(B(O)O)n1. The second kappa shape index (κ2) is 2.16. The van der Waals surface area contributed by atoms with Crippen molar-refractivity contribution in [2.75, 3.05) is 0 Å². The molecule has 0 saturated carbocycles. The van der Waals surface area contributed by atoms with Crippen molar-refractivity contribution in [2.45, 2.75) is 0 Å². The van der Waals surface area contributed by atoms with Crippen molar-refractivity contribution < 1.29 is 10.0 Å². The molecule has 0 fully saturated rings. The Morgan fingerprint density at radius 2 is 2.33 bits per heavy atom. The summed E-state index contributed by atoms with van der Waals surface area (Å²) >= 11 is 0. The zero-order valence-corrected chi connectivity index (χ0v) is 4.89. The van der Waals surface area contributed by atoms with Crippen molar-refractivity contribution in [3.05, 3.63) is 6.20 Å². The van der Waals surface area contributed by atoms with Crippen LogP contribution in [0.4, 0.5) is 0 Å². The van der Waals surface area contributed by atoms with Crippen LogP contribution in [0.1, 0.15) is 0 Å². The molecular formula is C3H6BN3O2. The molecule has 1 heterocycles. The first kappa shape index (κ1) is 6.25. The van der Waals surface area contributed by atoms with Crippen LogP contribution >= 0.6 is 0 Å². The average molecular weight is 127 g/mol. The number of aromatic nitrogens is 3. The lowest BCUT2D eigenvalue weighted by Gasteiger charge is -1.86. The number of rotatable bonds is 1. The van der Waals surface area contributed by atoms with Crippen molar-refractivity contribution >= 4 is 12.7 Å². The van der Waals surface area contributed by atoms with E-state index in [4.69, 9.17) is 10.0 Å². The fourth-order valence-electron chi connectivity index (χ4n) is 0.480. The third-order valence-corrected chi connectivity index (χ3v) is 0.882. The van der Waals surface area contributed by atoms with Crippen LogP contribution < -0.4 is 5.59 Å². The zero-order chi connectivity index (χ0) is 6.85. The Bertz CT molecular complexity index is 199. The Balaban J connectivity index is 2.85. The first-order valence-electron chi connectivity index (χ1n) is 2.42. The molecule has 0 aromatic carbocycles. The van der Waals surface area contributed by atoms with Gasteiger partial charge in [0.1, 0.15) is 5.59 Å². The van der Waals surface area contributed by atoms with Gasteiger partial charge in [-0.15, -0.1) is 0 Å². The van der Waals surface area contributed by atoms with E-state index < -0.39 is 7.12 Å². The fourth-order valence-corrected chi connectivity index (χ4v) is 0.480. The highest BCUT2D eigenvalue weighted by atomic mass is 16.4. The van der Waals surface area contributed by atoms with Crippen LogP contribution in [0.25, 0.3) is 0 Å². The largest absolute Gasteiger partial charge is 0.511 e. The van der Waals surface area contributed by atoms with E-state index in [0.717, 1.165) is 0 Å². The van der Waals surface area contributed by atoms with E-state index >= 15 is 0 Å². The van der Waals surface area contributed by atoms with Crippen molar-refractivity contribution in [1.82, 2.24) is 15.0 Å². The minimum atomic E-state index is -1.52. The summed E-state index contributed by atoms with van der Waals surface area (Å²) in [6.07, 6.45) is 1.30. The molecule has 48 valence electrons. The van der Waals surface area contributed by atoms with Gasteiger partial charge in [0.15, 0.2) is 0 Å². The summed E-state index contributed by atoms with van der Waals surface area (Å²) in [5, 5.41) is 24.2. The van der Waals surface area contributed by atoms with Gasteiger partial charge in [-0.2, -0.15) is 15.0 Å². The summed E-state index contributed by atoms with van der Waals surface area (Å²) in [5.74, 6) is 0. The smallest absolute Gasteiger partial charge is 0.422 e. The van der Waals surface area contributed by atoms with Gasteiger partial charge < -0.3 is 10.0 Å². The second-order valence-electron chi connectivity index (χ2n) is 1.63. The van der Waals surface area contributed by atoms with Crippen molar-refractivity contribution in [3.8, 4) is 0 Å². The van der Waals surface area contributed by atoms with Gasteiger partial charge in [0.25, 0.3) is 0 Å². The maximum absolute atomic E-state index is 8.48. The van der Waals surface area contributed by atoms with Gasteiger partial charge in [0, 0.05) is 7.05 Å². The molecule has 0 spiro atoms. The number of nitrogens with zero attached hydrogens (tertiary/aromatic N) is 3. The van der Waals surface area contributed by atoms with Gasteiger partial charge in [0.05, 0.1) is 6.20 Å². The Hall–Kier alpha value is -0.875. The Kier molecular flexibility index (Phi) is 1.50. The predicted octanol–water partition coefficient (Wildman–Crippen LogP) is -2.51. The predicted molar refractivity (Wildman–Crippen MR) is 30.8 cm³/mol. The van der Waals surface area contributed by atoms with Crippen LogP contribution in [-0.2, 0) is 7.05 Å². The van der Waals surface area contributed by atoms with E-state index in [0.29, 0.717) is 0 Å².